The molecule has 0 radical (unpaired) electrons. The monoisotopic (exact) mass is 726 g/mol. The summed E-state index contributed by atoms with van der Waals surface area (Å²) >= 11 is 0. The molecule has 0 rings (SSSR count). The number of nitrogens with two attached hydrogens (primary N) is 1. The van der Waals surface area contributed by atoms with Gasteiger partial charge in [0.25, 0.3) is 0 Å². The molecule has 0 aliphatic heterocycles. The Bertz CT molecular complexity index is 905. The average Bonchev–Trinajstić information content (AvgIpc) is 3.10. The van der Waals surface area contributed by atoms with Gasteiger partial charge in [-0.05, 0) is 63.9 Å². The fourth-order valence-corrected chi connectivity index (χ4v) is 6.09. The number of esters is 1. The SMILES string of the molecule is CCCCCC=CCC=CCC=CCCCCC(=O)OC(COC=CCCCCCCCCCCCCCCCC)COP(=O)(O)OCCN. The smallest absolute Gasteiger partial charge is 0.472 e. The van der Waals surface area contributed by atoms with E-state index in [9.17, 15) is 14.3 Å². The summed E-state index contributed by atoms with van der Waals surface area (Å²) in [7, 11) is -4.30. The van der Waals surface area contributed by atoms with Gasteiger partial charge >= 0.3 is 13.8 Å². The number of carbonyl (C=O) groups excluding carboxylic acids is 1. The topological polar surface area (TPSA) is 117 Å². The maximum Gasteiger partial charge on any atom is 0.472 e. The lowest BCUT2D eigenvalue weighted by Gasteiger charge is -2.19. The van der Waals surface area contributed by atoms with Gasteiger partial charge in [-0.2, -0.15) is 0 Å². The summed E-state index contributed by atoms with van der Waals surface area (Å²) in [5, 5.41) is 0. The van der Waals surface area contributed by atoms with Crippen molar-refractivity contribution in [1.82, 2.24) is 0 Å². The van der Waals surface area contributed by atoms with Crippen LogP contribution in [0.3, 0.4) is 0 Å². The van der Waals surface area contributed by atoms with Crippen LogP contribution >= 0.6 is 7.82 Å². The van der Waals surface area contributed by atoms with E-state index in [2.05, 4.69) is 50.3 Å². The van der Waals surface area contributed by atoms with Crippen LogP contribution in [0.25, 0.3) is 0 Å². The highest BCUT2D eigenvalue weighted by Crippen LogP contribution is 2.43. The molecule has 0 spiro atoms. The molecular weight excluding hydrogens is 649 g/mol. The lowest BCUT2D eigenvalue weighted by molar-refractivity contribution is -0.153. The number of allylic oxidation sites excluding steroid dienone is 7. The molecule has 0 aromatic heterocycles. The van der Waals surface area contributed by atoms with Crippen LogP contribution in [-0.4, -0.2) is 43.3 Å². The minimum absolute atomic E-state index is 0.0166. The van der Waals surface area contributed by atoms with Crippen molar-refractivity contribution in [1.29, 1.82) is 0 Å². The largest absolute Gasteiger partial charge is 0.498 e. The summed E-state index contributed by atoms with van der Waals surface area (Å²) in [6.45, 7) is 4.16. The molecule has 0 bridgehead atoms. The second kappa shape index (κ2) is 38.5. The van der Waals surface area contributed by atoms with Gasteiger partial charge in [0.05, 0.1) is 19.5 Å². The predicted octanol–water partition coefficient (Wildman–Crippen LogP) is 12.0. The van der Waals surface area contributed by atoms with Crippen LogP contribution in [0.15, 0.2) is 48.8 Å². The first kappa shape index (κ1) is 48.3. The molecule has 3 N–H and O–H groups in total. The molecular formula is C41H76NO7P. The summed E-state index contributed by atoms with van der Waals surface area (Å²) in [6.07, 6.45) is 45.1. The highest BCUT2D eigenvalue weighted by molar-refractivity contribution is 7.47. The molecule has 0 aromatic carbocycles. The fraction of sp³-hybridized carbons (Fsp3) is 0.780. The second-order valence-corrected chi connectivity index (χ2v) is 14.7. The van der Waals surface area contributed by atoms with E-state index in [1.807, 2.05) is 6.08 Å². The Morgan fingerprint density at radius 3 is 1.64 bits per heavy atom. The van der Waals surface area contributed by atoms with E-state index in [4.69, 9.17) is 24.3 Å². The van der Waals surface area contributed by atoms with Gasteiger partial charge in [0, 0.05) is 13.0 Å². The number of hydrogen-bond acceptors (Lipinski definition) is 7. The molecule has 0 saturated heterocycles. The van der Waals surface area contributed by atoms with Crippen molar-refractivity contribution in [3.05, 3.63) is 48.8 Å². The fourth-order valence-electron chi connectivity index (χ4n) is 5.32. The Kier molecular flexibility index (Phi) is 37.2. The third-order valence-electron chi connectivity index (χ3n) is 8.31. The van der Waals surface area contributed by atoms with Crippen molar-refractivity contribution in [3.63, 3.8) is 0 Å². The van der Waals surface area contributed by atoms with Crippen LogP contribution in [-0.2, 0) is 27.9 Å². The van der Waals surface area contributed by atoms with E-state index < -0.39 is 13.9 Å². The third-order valence-corrected chi connectivity index (χ3v) is 9.30. The zero-order chi connectivity index (χ0) is 36.6. The van der Waals surface area contributed by atoms with Crippen molar-refractivity contribution in [2.45, 2.75) is 180 Å². The van der Waals surface area contributed by atoms with Gasteiger partial charge in [-0.1, -0.05) is 147 Å². The van der Waals surface area contributed by atoms with Crippen molar-refractivity contribution in [3.8, 4) is 0 Å². The van der Waals surface area contributed by atoms with Crippen LogP contribution in [0.4, 0.5) is 0 Å². The Balaban J connectivity index is 4.19. The number of carbonyl (C=O) groups is 1. The Morgan fingerprint density at radius 1 is 0.620 bits per heavy atom. The second-order valence-electron chi connectivity index (χ2n) is 13.2. The minimum atomic E-state index is -4.30. The Labute approximate surface area is 307 Å². The maximum absolute atomic E-state index is 12.5. The average molecular weight is 726 g/mol. The number of unbranched alkanes of at least 4 members (excludes halogenated alkanes) is 19. The standard InChI is InChI=1S/C41H76NO7P/c1-3-5-7-9-11-13-15-17-19-21-23-25-27-29-31-33-36-46-38-40(39-48-50(44,45)47-37-35-42)49-41(43)34-32-30-28-26-24-22-20-18-16-14-12-10-8-6-4-2/h12,14,18,20,24,26,33,36,40H,3-11,13,15-17,19,21-23,25,27-32,34-35,37-39,42H2,1-2H3,(H,44,45). The first-order valence-corrected chi connectivity index (χ1v) is 21.7. The molecule has 9 heteroatoms. The van der Waals surface area contributed by atoms with Gasteiger partial charge in [0.15, 0.2) is 6.10 Å². The molecule has 0 saturated carbocycles. The minimum Gasteiger partial charge on any atom is -0.498 e. The molecule has 0 heterocycles. The quantitative estimate of drug-likeness (QED) is 0.0212. The normalized spacial score (nSPS) is 14.0. The molecule has 50 heavy (non-hydrogen) atoms. The van der Waals surface area contributed by atoms with E-state index in [0.29, 0.717) is 6.42 Å². The lowest BCUT2D eigenvalue weighted by Crippen LogP contribution is -2.27. The number of ether oxygens (including phenoxy) is 2. The summed E-state index contributed by atoms with van der Waals surface area (Å²) in [6, 6.07) is 0. The van der Waals surface area contributed by atoms with Crippen LogP contribution < -0.4 is 5.73 Å². The van der Waals surface area contributed by atoms with E-state index in [1.54, 1.807) is 6.26 Å². The molecule has 2 unspecified atom stereocenters. The summed E-state index contributed by atoms with van der Waals surface area (Å²) in [5.74, 6) is -0.390. The molecule has 0 aliphatic carbocycles. The first-order chi connectivity index (χ1) is 24.4. The van der Waals surface area contributed by atoms with Crippen molar-refractivity contribution in [2.24, 2.45) is 5.73 Å². The number of hydrogen-bond donors (Lipinski definition) is 2. The highest BCUT2D eigenvalue weighted by Gasteiger charge is 2.25. The molecule has 0 amide bonds. The van der Waals surface area contributed by atoms with Gasteiger partial charge < -0.3 is 20.1 Å². The third kappa shape index (κ3) is 37.6. The summed E-state index contributed by atoms with van der Waals surface area (Å²) < 4.78 is 33.1. The van der Waals surface area contributed by atoms with E-state index in [1.165, 1.54) is 109 Å². The molecule has 8 nitrogen and oxygen atoms in total. The van der Waals surface area contributed by atoms with Crippen LogP contribution in [0.1, 0.15) is 174 Å². The molecule has 0 aliphatic rings. The lowest BCUT2D eigenvalue weighted by atomic mass is 10.0. The summed E-state index contributed by atoms with van der Waals surface area (Å²) in [4.78, 5) is 22.4. The van der Waals surface area contributed by atoms with Gasteiger partial charge in [-0.3, -0.25) is 13.8 Å². The maximum atomic E-state index is 12.5. The van der Waals surface area contributed by atoms with E-state index in [-0.39, 0.29) is 38.8 Å². The van der Waals surface area contributed by atoms with Crippen LogP contribution in [0, 0.1) is 0 Å². The van der Waals surface area contributed by atoms with Crippen LogP contribution in [0.2, 0.25) is 0 Å². The molecule has 0 fully saturated rings. The predicted molar refractivity (Wildman–Crippen MR) is 210 cm³/mol. The Morgan fingerprint density at radius 2 is 1.08 bits per heavy atom. The number of rotatable bonds is 38. The zero-order valence-electron chi connectivity index (χ0n) is 32.1. The number of phosphoric acid groups is 1. The van der Waals surface area contributed by atoms with Crippen LogP contribution in [0.5, 0.6) is 0 Å². The van der Waals surface area contributed by atoms with E-state index >= 15 is 0 Å². The van der Waals surface area contributed by atoms with Gasteiger partial charge in [0.1, 0.15) is 6.61 Å². The molecule has 0 aromatic rings. The highest BCUT2D eigenvalue weighted by atomic mass is 31.2. The zero-order valence-corrected chi connectivity index (χ0v) is 33.0. The first-order valence-electron chi connectivity index (χ1n) is 20.2. The molecule has 2 atom stereocenters. The number of phosphoric ester groups is 1. The van der Waals surface area contributed by atoms with Gasteiger partial charge in [0.2, 0.25) is 0 Å². The van der Waals surface area contributed by atoms with Gasteiger partial charge in [-0.15, -0.1) is 0 Å². The van der Waals surface area contributed by atoms with Crippen molar-refractivity contribution in [2.75, 3.05) is 26.4 Å². The van der Waals surface area contributed by atoms with Crippen molar-refractivity contribution >= 4 is 13.8 Å². The van der Waals surface area contributed by atoms with Gasteiger partial charge in [-0.25, -0.2) is 4.57 Å². The van der Waals surface area contributed by atoms with Crippen molar-refractivity contribution < 1.29 is 32.8 Å². The summed E-state index contributed by atoms with van der Waals surface area (Å²) in [5.41, 5.74) is 5.35. The van der Waals surface area contributed by atoms with E-state index in [0.717, 1.165) is 38.5 Å². The molecule has 292 valence electrons. The Hall–Kier alpha value is -1.70.